The molecular weight excluding hydrogens is 262 g/mol. The molecule has 2 N–H and O–H groups in total. The van der Waals surface area contributed by atoms with Crippen LogP contribution >= 0.6 is 0 Å². The molecule has 1 saturated heterocycles. The second kappa shape index (κ2) is 4.64. The molecule has 0 aromatic carbocycles. The van der Waals surface area contributed by atoms with E-state index in [2.05, 4.69) is 16.6 Å². The van der Waals surface area contributed by atoms with Crippen LogP contribution in [0.4, 0.5) is 0 Å². The van der Waals surface area contributed by atoms with E-state index >= 15 is 0 Å². The molecule has 2 aromatic rings. The largest absolute Gasteiger partial charge is 0.348 e. The van der Waals surface area contributed by atoms with E-state index in [9.17, 15) is 4.79 Å². The lowest BCUT2D eigenvalue weighted by atomic mass is 10.1. The van der Waals surface area contributed by atoms with E-state index in [0.29, 0.717) is 11.6 Å². The maximum absolute atomic E-state index is 12.4. The molecule has 106 valence electrons. The predicted molar refractivity (Wildman–Crippen MR) is 81.1 cm³/mol. The van der Waals surface area contributed by atoms with Crippen LogP contribution in [0.5, 0.6) is 0 Å². The van der Waals surface area contributed by atoms with Gasteiger partial charge in [0.2, 0.25) is 0 Å². The molecule has 2 fully saturated rings. The van der Waals surface area contributed by atoms with E-state index in [-0.39, 0.29) is 11.9 Å². The highest BCUT2D eigenvalue weighted by molar-refractivity contribution is 5.95. The van der Waals surface area contributed by atoms with E-state index in [0.717, 1.165) is 30.0 Å². The molecule has 3 unspecified atom stereocenters. The number of amides is 1. The first-order valence-corrected chi connectivity index (χ1v) is 7.36. The van der Waals surface area contributed by atoms with E-state index < -0.39 is 0 Å². The number of terminal acetylenes is 1. The first-order valence-electron chi connectivity index (χ1n) is 7.36. The Morgan fingerprint density at radius 1 is 1.38 bits per heavy atom. The Kier molecular flexibility index (Phi) is 2.76. The summed E-state index contributed by atoms with van der Waals surface area (Å²) in [6.07, 6.45) is 11.5. The Balaban J connectivity index is 1.58. The van der Waals surface area contributed by atoms with Crippen molar-refractivity contribution in [1.82, 2.24) is 15.0 Å². The third-order valence-corrected chi connectivity index (χ3v) is 4.73. The van der Waals surface area contributed by atoms with Crippen LogP contribution in [0.3, 0.4) is 0 Å². The summed E-state index contributed by atoms with van der Waals surface area (Å²) in [5.74, 6) is 3.36. The zero-order valence-corrected chi connectivity index (χ0v) is 11.7. The summed E-state index contributed by atoms with van der Waals surface area (Å²) in [7, 11) is 0. The number of nitrogens with one attached hydrogen (secondary N) is 2. The number of hydrogen-bond acceptors (Lipinski definition) is 2. The molecule has 4 heteroatoms. The minimum absolute atomic E-state index is 0.0129. The van der Waals surface area contributed by atoms with Crippen molar-refractivity contribution in [3.05, 3.63) is 41.7 Å². The van der Waals surface area contributed by atoms with E-state index in [4.69, 9.17) is 6.42 Å². The van der Waals surface area contributed by atoms with Crippen LogP contribution in [0.25, 0.3) is 5.52 Å². The summed E-state index contributed by atoms with van der Waals surface area (Å²) in [6.45, 7) is 1.10. The molecule has 1 amide bonds. The Bertz CT molecular complexity index is 755. The van der Waals surface area contributed by atoms with Gasteiger partial charge in [-0.15, -0.1) is 6.42 Å². The van der Waals surface area contributed by atoms with Crippen LogP contribution in [-0.2, 0) is 0 Å². The fraction of sp³-hybridized carbons (Fsp3) is 0.353. The van der Waals surface area contributed by atoms with Crippen LogP contribution in [0, 0.1) is 18.3 Å². The Morgan fingerprint density at radius 2 is 2.24 bits per heavy atom. The lowest BCUT2D eigenvalue weighted by Crippen LogP contribution is -2.47. The van der Waals surface area contributed by atoms with Crippen molar-refractivity contribution in [3.63, 3.8) is 0 Å². The summed E-state index contributed by atoms with van der Waals surface area (Å²) in [4.78, 5) is 12.4. The number of carbonyl (C=O) groups excluding carboxylic acids is 1. The van der Waals surface area contributed by atoms with Gasteiger partial charge in [-0.2, -0.15) is 0 Å². The van der Waals surface area contributed by atoms with Crippen molar-refractivity contribution >= 4 is 11.4 Å². The average molecular weight is 279 g/mol. The number of aromatic nitrogens is 1. The number of hydrogen-bond donors (Lipinski definition) is 2. The molecule has 3 heterocycles. The first-order chi connectivity index (χ1) is 10.2. The van der Waals surface area contributed by atoms with E-state index in [1.807, 2.05) is 35.0 Å². The number of rotatable bonds is 2. The van der Waals surface area contributed by atoms with Crippen molar-refractivity contribution in [2.75, 3.05) is 6.54 Å². The fourth-order valence-corrected chi connectivity index (χ4v) is 3.63. The van der Waals surface area contributed by atoms with Crippen molar-refractivity contribution < 1.29 is 4.79 Å². The van der Waals surface area contributed by atoms with Crippen LogP contribution in [-0.4, -0.2) is 28.9 Å². The Hall–Kier alpha value is -2.25. The molecule has 3 atom stereocenters. The quantitative estimate of drug-likeness (QED) is 0.816. The lowest BCUT2D eigenvalue weighted by molar-refractivity contribution is 0.0928. The molecule has 2 aromatic heterocycles. The zero-order valence-electron chi connectivity index (χ0n) is 11.7. The van der Waals surface area contributed by atoms with E-state index in [1.165, 1.54) is 6.42 Å². The highest BCUT2D eigenvalue weighted by Gasteiger charge is 2.40. The van der Waals surface area contributed by atoms with Gasteiger partial charge >= 0.3 is 0 Å². The summed E-state index contributed by atoms with van der Waals surface area (Å²) < 4.78 is 1.94. The number of nitrogens with zero attached hydrogens (tertiary/aromatic N) is 1. The van der Waals surface area contributed by atoms with Gasteiger partial charge in [0.15, 0.2) is 0 Å². The van der Waals surface area contributed by atoms with Gasteiger partial charge in [-0.3, -0.25) is 4.79 Å². The molecule has 1 aliphatic heterocycles. The minimum atomic E-state index is -0.0129. The van der Waals surface area contributed by atoms with Crippen LogP contribution in [0.15, 0.2) is 30.6 Å². The maximum Gasteiger partial charge on any atom is 0.251 e. The van der Waals surface area contributed by atoms with Crippen molar-refractivity contribution in [1.29, 1.82) is 0 Å². The van der Waals surface area contributed by atoms with Gasteiger partial charge in [0.25, 0.3) is 5.91 Å². The highest BCUT2D eigenvalue weighted by atomic mass is 16.1. The minimum Gasteiger partial charge on any atom is -0.348 e. The second-order valence-corrected chi connectivity index (χ2v) is 6.01. The SMILES string of the molecule is C#Cc1ccn2ccc(C(=O)NC3CC4CNC3C4)cc12. The Labute approximate surface area is 123 Å². The topological polar surface area (TPSA) is 45.5 Å². The van der Waals surface area contributed by atoms with Gasteiger partial charge in [-0.05, 0) is 43.5 Å². The highest BCUT2D eigenvalue weighted by Crippen LogP contribution is 2.31. The van der Waals surface area contributed by atoms with Gasteiger partial charge < -0.3 is 15.0 Å². The fourth-order valence-electron chi connectivity index (χ4n) is 3.63. The molecule has 0 spiro atoms. The maximum atomic E-state index is 12.4. The molecule has 2 aliphatic rings. The second-order valence-electron chi connectivity index (χ2n) is 6.01. The first kappa shape index (κ1) is 12.5. The average Bonchev–Trinajstić information content (AvgIpc) is 3.21. The standard InChI is InChI=1S/C17H17N3O/c1-2-12-3-5-20-6-4-13(9-16(12)20)17(21)19-15-8-11-7-14(15)18-10-11/h1,3-6,9,11,14-15,18H,7-8,10H2,(H,19,21). The lowest BCUT2D eigenvalue weighted by Gasteiger charge is -2.24. The predicted octanol–water partition coefficient (Wildman–Crippen LogP) is 1.40. The summed E-state index contributed by atoms with van der Waals surface area (Å²) in [5.41, 5.74) is 2.38. The molecule has 21 heavy (non-hydrogen) atoms. The summed E-state index contributed by atoms with van der Waals surface area (Å²) in [5, 5.41) is 6.62. The van der Waals surface area contributed by atoms with Gasteiger partial charge in [-0.25, -0.2) is 0 Å². The van der Waals surface area contributed by atoms with Crippen LogP contribution in [0.1, 0.15) is 28.8 Å². The number of carbonyl (C=O) groups is 1. The zero-order chi connectivity index (χ0) is 14.4. The molecule has 1 aliphatic carbocycles. The molecule has 2 bridgehead atoms. The van der Waals surface area contributed by atoms with E-state index in [1.54, 1.807) is 0 Å². The van der Waals surface area contributed by atoms with Crippen molar-refractivity contribution in [3.8, 4) is 12.3 Å². The van der Waals surface area contributed by atoms with Crippen LogP contribution in [0.2, 0.25) is 0 Å². The molecule has 0 radical (unpaired) electrons. The third kappa shape index (κ3) is 2.01. The normalized spacial score (nSPS) is 26.9. The van der Waals surface area contributed by atoms with Gasteiger partial charge in [0.05, 0.1) is 5.52 Å². The Morgan fingerprint density at radius 3 is 2.95 bits per heavy atom. The van der Waals surface area contributed by atoms with Gasteiger partial charge in [0.1, 0.15) is 0 Å². The van der Waals surface area contributed by atoms with Gasteiger partial charge in [0, 0.05) is 35.6 Å². The van der Waals surface area contributed by atoms with Crippen molar-refractivity contribution in [2.45, 2.75) is 24.9 Å². The monoisotopic (exact) mass is 279 g/mol. The third-order valence-electron chi connectivity index (χ3n) is 4.73. The smallest absolute Gasteiger partial charge is 0.251 e. The van der Waals surface area contributed by atoms with Crippen LogP contribution < -0.4 is 10.6 Å². The summed E-state index contributed by atoms with van der Waals surface area (Å²) >= 11 is 0. The number of pyridine rings is 1. The molecule has 4 nitrogen and oxygen atoms in total. The summed E-state index contributed by atoms with van der Waals surface area (Å²) in [6, 6.07) is 6.29. The van der Waals surface area contributed by atoms with Crippen molar-refractivity contribution in [2.24, 2.45) is 5.92 Å². The molecule has 1 saturated carbocycles. The number of piperidine rings is 1. The number of fused-ring (bicyclic) bond motifs is 3. The molecular formula is C17H17N3O. The van der Waals surface area contributed by atoms with Gasteiger partial charge in [-0.1, -0.05) is 5.92 Å². The molecule has 4 rings (SSSR count).